The first-order chi connectivity index (χ1) is 13.5. The molecule has 166 valence electrons. The van der Waals surface area contributed by atoms with Crippen molar-refractivity contribution in [2.45, 2.75) is 64.5 Å². The summed E-state index contributed by atoms with van der Waals surface area (Å²) in [6, 6.07) is 0. The molecule has 0 aromatic carbocycles. The van der Waals surface area contributed by atoms with E-state index in [1.54, 1.807) is 0 Å². The van der Waals surface area contributed by atoms with Crippen molar-refractivity contribution in [1.29, 1.82) is 0 Å². The Balaban J connectivity index is 3.24. The number of esters is 4. The van der Waals surface area contributed by atoms with Crippen LogP contribution in [0.1, 0.15) is 27.7 Å². The molecule has 29 heavy (non-hydrogen) atoms. The molecule has 1 saturated heterocycles. The van der Waals surface area contributed by atoms with Crippen molar-refractivity contribution in [3.8, 4) is 0 Å². The van der Waals surface area contributed by atoms with Gasteiger partial charge in [0.15, 0.2) is 24.6 Å². The average molecular weight is 422 g/mol. The number of ether oxygens (including phenoxy) is 6. The van der Waals surface area contributed by atoms with Crippen molar-refractivity contribution in [3.05, 3.63) is 0 Å². The summed E-state index contributed by atoms with van der Waals surface area (Å²) in [6.45, 7) is 3.04. The molecule has 1 heterocycles. The highest BCUT2D eigenvalue weighted by Crippen LogP contribution is 2.30. The van der Waals surface area contributed by atoms with Gasteiger partial charge < -0.3 is 38.6 Å². The van der Waals surface area contributed by atoms with E-state index in [4.69, 9.17) is 33.5 Å². The monoisotopic (exact) mass is 422 g/mol. The van der Waals surface area contributed by atoms with Gasteiger partial charge in [0, 0.05) is 27.7 Å². The maximum atomic E-state index is 11.6. The van der Waals surface area contributed by atoms with Crippen LogP contribution in [0, 0.1) is 0 Å². The molecule has 0 amide bonds. The molecule has 0 bridgehead atoms. The molecule has 0 radical (unpaired) electrons. The van der Waals surface area contributed by atoms with Crippen LogP contribution in [0.2, 0.25) is 0 Å². The second-order valence-electron chi connectivity index (χ2n) is 6.24. The predicted octanol–water partition coefficient (Wildman–Crippen LogP) is -1.56. The molecule has 12 nitrogen and oxygen atoms in total. The second kappa shape index (κ2) is 11.7. The molecule has 1 aliphatic rings. The summed E-state index contributed by atoms with van der Waals surface area (Å²) in [5.74, 6) is -2.94. The van der Waals surface area contributed by atoms with Crippen molar-refractivity contribution >= 4 is 23.9 Å². The van der Waals surface area contributed by atoms with Crippen LogP contribution in [0.15, 0.2) is 0 Å². The Morgan fingerprint density at radius 2 is 1.38 bits per heavy atom. The molecule has 0 spiro atoms. The van der Waals surface area contributed by atoms with Crippen molar-refractivity contribution < 1.29 is 57.8 Å². The van der Waals surface area contributed by atoms with Crippen LogP contribution in [0.4, 0.5) is 0 Å². The van der Waals surface area contributed by atoms with E-state index in [9.17, 15) is 24.3 Å². The van der Waals surface area contributed by atoms with Gasteiger partial charge in [-0.1, -0.05) is 0 Å². The summed E-state index contributed by atoms with van der Waals surface area (Å²) >= 11 is 0. The molecular formula is C17H26O12. The maximum Gasteiger partial charge on any atom is 0.303 e. The molecule has 2 N–H and O–H groups in total. The third-order valence-corrected chi connectivity index (χ3v) is 3.61. The van der Waals surface area contributed by atoms with E-state index in [1.807, 2.05) is 0 Å². The third-order valence-electron chi connectivity index (χ3n) is 3.61. The fourth-order valence-corrected chi connectivity index (χ4v) is 2.58. The van der Waals surface area contributed by atoms with Crippen LogP contribution in [0.25, 0.3) is 0 Å². The van der Waals surface area contributed by atoms with E-state index < -0.39 is 73.9 Å². The van der Waals surface area contributed by atoms with E-state index in [0.29, 0.717) is 0 Å². The summed E-state index contributed by atoms with van der Waals surface area (Å²) in [5, 5.41) is 18.5. The molecule has 12 heteroatoms. The van der Waals surface area contributed by atoms with Gasteiger partial charge in [-0.2, -0.15) is 0 Å². The Hall–Kier alpha value is -2.28. The van der Waals surface area contributed by atoms with Crippen LogP contribution >= 0.6 is 0 Å². The number of hydrogen-bond donors (Lipinski definition) is 2. The first kappa shape index (κ1) is 24.8. The van der Waals surface area contributed by atoms with Crippen LogP contribution in [0.5, 0.6) is 0 Å². The molecule has 1 unspecified atom stereocenters. The summed E-state index contributed by atoms with van der Waals surface area (Å²) in [6.07, 6.45) is -7.82. The standard InChI is InChI=1S/C17H26O12/c1-8(19)24-7-13-14(26-9(2)20)15(27-10(3)21)16(28-11(4)22)17(29-13)25-6-12(23)5-18/h12-18,23H,5-7H2,1-4H3/t12?,13-,14-,15+,16-,17-/m1/s1. The Labute approximate surface area is 166 Å². The molecule has 0 saturated carbocycles. The number of aliphatic hydroxyl groups excluding tert-OH is 2. The molecule has 1 aliphatic heterocycles. The Kier molecular flexibility index (Phi) is 9.95. The SMILES string of the molecule is CC(=O)OC[C@H]1O[C@@H](OCC(O)CO)[C@H](OC(C)=O)[C@@H](OC(C)=O)[C@@H]1OC(C)=O. The van der Waals surface area contributed by atoms with Crippen molar-refractivity contribution in [3.63, 3.8) is 0 Å². The summed E-state index contributed by atoms with van der Waals surface area (Å²) < 4.78 is 31.5. The minimum atomic E-state index is -1.39. The Morgan fingerprint density at radius 3 is 1.86 bits per heavy atom. The zero-order valence-corrected chi connectivity index (χ0v) is 16.6. The number of carbonyl (C=O) groups is 4. The fourth-order valence-electron chi connectivity index (χ4n) is 2.58. The van der Waals surface area contributed by atoms with Gasteiger partial charge in [0.25, 0.3) is 0 Å². The lowest BCUT2D eigenvalue weighted by Gasteiger charge is -2.44. The van der Waals surface area contributed by atoms with Gasteiger partial charge in [-0.05, 0) is 0 Å². The molecule has 0 aromatic rings. The van der Waals surface area contributed by atoms with E-state index in [2.05, 4.69) is 0 Å². The predicted molar refractivity (Wildman–Crippen MR) is 91.0 cm³/mol. The molecule has 0 aliphatic carbocycles. The lowest BCUT2D eigenvalue weighted by molar-refractivity contribution is -0.311. The minimum absolute atomic E-state index is 0.389. The summed E-state index contributed by atoms with van der Waals surface area (Å²) in [4.78, 5) is 45.9. The van der Waals surface area contributed by atoms with Crippen LogP contribution in [0.3, 0.4) is 0 Å². The highest BCUT2D eigenvalue weighted by molar-refractivity contribution is 5.68. The average Bonchev–Trinajstić information content (AvgIpc) is 2.60. The summed E-state index contributed by atoms with van der Waals surface area (Å²) in [5.41, 5.74) is 0. The molecular weight excluding hydrogens is 396 g/mol. The smallest absolute Gasteiger partial charge is 0.303 e. The first-order valence-corrected chi connectivity index (χ1v) is 8.76. The summed E-state index contributed by atoms with van der Waals surface area (Å²) in [7, 11) is 0. The lowest BCUT2D eigenvalue weighted by Crippen LogP contribution is -2.63. The van der Waals surface area contributed by atoms with E-state index in [1.165, 1.54) is 0 Å². The van der Waals surface area contributed by atoms with E-state index in [0.717, 1.165) is 27.7 Å². The topological polar surface area (TPSA) is 164 Å². The van der Waals surface area contributed by atoms with Gasteiger partial charge in [0.2, 0.25) is 0 Å². The van der Waals surface area contributed by atoms with Crippen LogP contribution < -0.4 is 0 Å². The van der Waals surface area contributed by atoms with Crippen molar-refractivity contribution in [1.82, 2.24) is 0 Å². The Morgan fingerprint density at radius 1 is 0.862 bits per heavy atom. The molecule has 1 fully saturated rings. The van der Waals surface area contributed by atoms with Crippen molar-refractivity contribution in [2.75, 3.05) is 19.8 Å². The highest BCUT2D eigenvalue weighted by Gasteiger charge is 2.52. The number of rotatable bonds is 9. The zero-order valence-electron chi connectivity index (χ0n) is 16.6. The largest absolute Gasteiger partial charge is 0.463 e. The van der Waals surface area contributed by atoms with E-state index >= 15 is 0 Å². The maximum absolute atomic E-state index is 11.6. The van der Waals surface area contributed by atoms with Gasteiger partial charge in [-0.3, -0.25) is 19.2 Å². The molecule has 1 rings (SSSR count). The van der Waals surface area contributed by atoms with Gasteiger partial charge in [0.05, 0.1) is 13.2 Å². The van der Waals surface area contributed by atoms with Crippen LogP contribution in [-0.2, 0) is 47.6 Å². The first-order valence-electron chi connectivity index (χ1n) is 8.76. The van der Waals surface area contributed by atoms with Gasteiger partial charge in [-0.15, -0.1) is 0 Å². The quantitative estimate of drug-likeness (QED) is 0.325. The van der Waals surface area contributed by atoms with Gasteiger partial charge in [0.1, 0.15) is 18.8 Å². The fraction of sp³-hybridized carbons (Fsp3) is 0.765. The normalized spacial score (nSPS) is 27.4. The van der Waals surface area contributed by atoms with Gasteiger partial charge in [-0.25, -0.2) is 0 Å². The number of aliphatic hydroxyl groups is 2. The molecule has 0 aromatic heterocycles. The minimum Gasteiger partial charge on any atom is -0.463 e. The third kappa shape index (κ3) is 8.31. The number of carbonyl (C=O) groups excluding carboxylic acids is 4. The van der Waals surface area contributed by atoms with E-state index in [-0.39, 0.29) is 6.61 Å². The lowest BCUT2D eigenvalue weighted by atomic mass is 9.98. The second-order valence-corrected chi connectivity index (χ2v) is 6.24. The van der Waals surface area contributed by atoms with Crippen molar-refractivity contribution in [2.24, 2.45) is 0 Å². The van der Waals surface area contributed by atoms with Gasteiger partial charge >= 0.3 is 23.9 Å². The molecule has 6 atom stereocenters. The highest BCUT2D eigenvalue weighted by atomic mass is 16.7. The van der Waals surface area contributed by atoms with Crippen LogP contribution in [-0.4, -0.2) is 90.7 Å². The Bertz CT molecular complexity index is 591. The zero-order chi connectivity index (χ0) is 22.1. The number of hydrogen-bond acceptors (Lipinski definition) is 12.